The number of carbonyl (C=O) groups is 1. The van der Waals surface area contributed by atoms with Crippen LogP contribution in [-0.4, -0.2) is 36.7 Å². The van der Waals surface area contributed by atoms with Crippen LogP contribution in [0.4, 0.5) is 0 Å². The highest BCUT2D eigenvalue weighted by atomic mass is 16.7. The van der Waals surface area contributed by atoms with Gasteiger partial charge < -0.3 is 4.74 Å². The molecular formula is C17H20N2O3. The summed E-state index contributed by atoms with van der Waals surface area (Å²) in [5.41, 5.74) is 1.64. The zero-order valence-corrected chi connectivity index (χ0v) is 13.1. The van der Waals surface area contributed by atoms with Crippen LogP contribution in [0.2, 0.25) is 0 Å². The molecule has 5 heteroatoms. The molecule has 0 aliphatic carbocycles. The fourth-order valence-corrected chi connectivity index (χ4v) is 1.90. The molecule has 0 atom stereocenters. The zero-order chi connectivity index (χ0) is 15.9. The van der Waals surface area contributed by atoms with Crippen LogP contribution in [0, 0.1) is 0 Å². The Morgan fingerprint density at radius 3 is 2.86 bits per heavy atom. The van der Waals surface area contributed by atoms with Crippen molar-refractivity contribution in [1.82, 2.24) is 10.0 Å². The molecule has 2 rings (SSSR count). The van der Waals surface area contributed by atoms with Gasteiger partial charge in [-0.2, -0.15) is 0 Å². The van der Waals surface area contributed by atoms with E-state index in [0.717, 1.165) is 28.0 Å². The maximum atomic E-state index is 11.8. The molecule has 22 heavy (non-hydrogen) atoms. The Bertz CT molecular complexity index is 683. The number of benzene rings is 1. The Hall–Kier alpha value is -2.40. The van der Waals surface area contributed by atoms with Crippen molar-refractivity contribution in [2.24, 2.45) is 0 Å². The summed E-state index contributed by atoms with van der Waals surface area (Å²) >= 11 is 0. The van der Waals surface area contributed by atoms with Crippen LogP contribution >= 0.6 is 0 Å². The molecule has 5 nitrogen and oxygen atoms in total. The van der Waals surface area contributed by atoms with Gasteiger partial charge in [-0.25, -0.2) is 10.0 Å². The number of pyridine rings is 1. The van der Waals surface area contributed by atoms with Crippen LogP contribution in [0.5, 0.6) is 5.88 Å². The number of hydrogen-bond acceptors (Lipinski definition) is 4. The fourth-order valence-electron chi connectivity index (χ4n) is 1.90. The van der Waals surface area contributed by atoms with Gasteiger partial charge in [-0.05, 0) is 24.6 Å². The number of hydrogen-bond donors (Lipinski definition) is 0. The van der Waals surface area contributed by atoms with Crippen LogP contribution < -0.4 is 4.74 Å². The lowest BCUT2D eigenvalue weighted by molar-refractivity contribution is -0.162. The van der Waals surface area contributed by atoms with Gasteiger partial charge in [0.2, 0.25) is 5.88 Å². The van der Waals surface area contributed by atoms with Crippen molar-refractivity contribution in [3.63, 3.8) is 0 Å². The largest absolute Gasteiger partial charge is 0.477 e. The highest BCUT2D eigenvalue weighted by molar-refractivity contribution is 5.92. The van der Waals surface area contributed by atoms with Crippen LogP contribution in [0.1, 0.15) is 18.9 Å². The molecule has 1 aromatic heterocycles. The van der Waals surface area contributed by atoms with E-state index in [1.807, 2.05) is 37.3 Å². The lowest BCUT2D eigenvalue weighted by Crippen LogP contribution is -2.22. The van der Waals surface area contributed by atoms with Crippen molar-refractivity contribution in [2.45, 2.75) is 13.3 Å². The molecule has 0 aliphatic heterocycles. The average molecular weight is 300 g/mol. The van der Waals surface area contributed by atoms with Crippen LogP contribution in [0.25, 0.3) is 17.0 Å². The minimum atomic E-state index is -0.253. The highest BCUT2D eigenvalue weighted by Crippen LogP contribution is 2.23. The fraction of sp³-hybridized carbons (Fsp3) is 0.294. The van der Waals surface area contributed by atoms with Crippen molar-refractivity contribution >= 4 is 22.9 Å². The molecule has 0 saturated heterocycles. The highest BCUT2D eigenvalue weighted by Gasteiger charge is 2.08. The number of fused-ring (bicyclic) bond motifs is 1. The normalized spacial score (nSPS) is 11.0. The molecule has 116 valence electrons. The average Bonchev–Trinajstić information content (AvgIpc) is 2.56. The Morgan fingerprint density at radius 2 is 2.14 bits per heavy atom. The first-order chi connectivity index (χ1) is 10.7. The lowest BCUT2D eigenvalue weighted by atomic mass is 10.1. The molecule has 0 spiro atoms. The summed E-state index contributed by atoms with van der Waals surface area (Å²) in [4.78, 5) is 21.2. The quantitative estimate of drug-likeness (QED) is 0.608. The number of carbonyl (C=O) groups excluding carboxylic acids is 1. The molecular weight excluding hydrogens is 280 g/mol. The van der Waals surface area contributed by atoms with Gasteiger partial charge in [0, 0.05) is 24.1 Å². The first-order valence-electron chi connectivity index (χ1n) is 7.18. The summed E-state index contributed by atoms with van der Waals surface area (Å²) in [7, 11) is 3.00. The van der Waals surface area contributed by atoms with E-state index in [-0.39, 0.29) is 5.91 Å². The summed E-state index contributed by atoms with van der Waals surface area (Å²) < 4.78 is 5.69. The second-order valence-corrected chi connectivity index (χ2v) is 4.78. The van der Waals surface area contributed by atoms with E-state index < -0.39 is 0 Å². The molecule has 0 saturated carbocycles. The van der Waals surface area contributed by atoms with Crippen molar-refractivity contribution in [2.75, 3.05) is 20.8 Å². The zero-order valence-electron chi connectivity index (χ0n) is 13.1. The minimum absolute atomic E-state index is 0.253. The molecule has 2 aromatic rings. The Balaban J connectivity index is 2.36. The van der Waals surface area contributed by atoms with E-state index in [1.165, 1.54) is 13.2 Å². The summed E-state index contributed by atoms with van der Waals surface area (Å²) in [6, 6.07) is 9.77. The van der Waals surface area contributed by atoms with Gasteiger partial charge in [0.1, 0.15) is 0 Å². The smallest absolute Gasteiger partial charge is 0.269 e. The van der Waals surface area contributed by atoms with Crippen LogP contribution in [0.3, 0.4) is 0 Å². The standard InChI is InChI=1S/C17H20N2O3/c1-4-11-22-17-14(9-10-16(20)19(2)21-3)12-13-7-5-6-8-15(13)18-17/h5-10,12H,4,11H2,1-3H3/b10-9+. The number of amides is 1. The van der Waals surface area contributed by atoms with Gasteiger partial charge in [-0.1, -0.05) is 25.1 Å². The number of rotatable bonds is 6. The number of para-hydroxylation sites is 1. The number of ether oxygens (including phenoxy) is 1. The Kier molecular flexibility index (Phi) is 5.49. The van der Waals surface area contributed by atoms with E-state index in [4.69, 9.17) is 9.57 Å². The summed E-state index contributed by atoms with van der Waals surface area (Å²) in [5, 5.41) is 2.15. The van der Waals surface area contributed by atoms with Crippen molar-refractivity contribution < 1.29 is 14.4 Å². The van der Waals surface area contributed by atoms with Crippen molar-refractivity contribution in [1.29, 1.82) is 0 Å². The predicted molar refractivity (Wildman–Crippen MR) is 86.3 cm³/mol. The molecule has 1 aromatic carbocycles. The third-order valence-corrected chi connectivity index (χ3v) is 3.15. The monoisotopic (exact) mass is 300 g/mol. The minimum Gasteiger partial charge on any atom is -0.477 e. The first-order valence-corrected chi connectivity index (χ1v) is 7.18. The molecule has 0 unspecified atom stereocenters. The van der Waals surface area contributed by atoms with Gasteiger partial charge in [-0.15, -0.1) is 0 Å². The Morgan fingerprint density at radius 1 is 1.36 bits per heavy atom. The SMILES string of the molecule is CCCOc1nc2ccccc2cc1/C=C/C(=O)N(C)OC. The van der Waals surface area contributed by atoms with Gasteiger partial charge >= 0.3 is 0 Å². The van der Waals surface area contributed by atoms with Crippen molar-refractivity contribution in [3.05, 3.63) is 42.0 Å². The number of likely N-dealkylation sites (N-methyl/N-ethyl adjacent to an activating group) is 1. The number of aromatic nitrogens is 1. The molecule has 0 radical (unpaired) electrons. The summed E-state index contributed by atoms with van der Waals surface area (Å²) in [6.45, 7) is 2.62. The third kappa shape index (κ3) is 3.83. The molecule has 1 heterocycles. The van der Waals surface area contributed by atoms with Gasteiger partial charge in [-0.3, -0.25) is 9.63 Å². The number of hydroxylamine groups is 2. The molecule has 0 bridgehead atoms. The van der Waals surface area contributed by atoms with Crippen molar-refractivity contribution in [3.8, 4) is 5.88 Å². The van der Waals surface area contributed by atoms with E-state index in [2.05, 4.69) is 4.98 Å². The third-order valence-electron chi connectivity index (χ3n) is 3.15. The Labute approximate surface area is 130 Å². The molecule has 1 amide bonds. The van der Waals surface area contributed by atoms with E-state index in [0.29, 0.717) is 12.5 Å². The molecule has 0 fully saturated rings. The summed E-state index contributed by atoms with van der Waals surface area (Å²) in [5.74, 6) is 0.279. The van der Waals surface area contributed by atoms with E-state index >= 15 is 0 Å². The van der Waals surface area contributed by atoms with E-state index in [9.17, 15) is 4.79 Å². The van der Waals surface area contributed by atoms with Gasteiger partial charge in [0.25, 0.3) is 5.91 Å². The van der Waals surface area contributed by atoms with Gasteiger partial charge in [0.05, 0.1) is 19.2 Å². The lowest BCUT2D eigenvalue weighted by Gasteiger charge is -2.11. The second-order valence-electron chi connectivity index (χ2n) is 4.78. The van der Waals surface area contributed by atoms with Crippen LogP contribution in [-0.2, 0) is 9.63 Å². The second kappa shape index (κ2) is 7.56. The van der Waals surface area contributed by atoms with Crippen LogP contribution in [0.15, 0.2) is 36.4 Å². The molecule has 0 aliphatic rings. The van der Waals surface area contributed by atoms with E-state index in [1.54, 1.807) is 13.1 Å². The predicted octanol–water partition coefficient (Wildman–Crippen LogP) is 3.06. The topological polar surface area (TPSA) is 51.7 Å². The molecule has 0 N–H and O–H groups in total. The maximum Gasteiger partial charge on any atom is 0.269 e. The number of nitrogens with zero attached hydrogens (tertiary/aromatic N) is 2. The summed E-state index contributed by atoms with van der Waals surface area (Å²) in [6.07, 6.45) is 4.03. The van der Waals surface area contributed by atoms with Gasteiger partial charge in [0.15, 0.2) is 0 Å². The first kappa shape index (κ1) is 16.0. The maximum absolute atomic E-state index is 11.8.